The van der Waals surface area contributed by atoms with Gasteiger partial charge < -0.3 is 15.8 Å². The third-order valence-electron chi connectivity index (χ3n) is 2.68. The minimum Gasteiger partial charge on any atom is -0.477 e. The van der Waals surface area contributed by atoms with Gasteiger partial charge in [0.15, 0.2) is 5.13 Å². The van der Waals surface area contributed by atoms with E-state index in [1.54, 1.807) is 6.20 Å². The van der Waals surface area contributed by atoms with Crippen molar-refractivity contribution in [2.75, 3.05) is 5.73 Å². The molecule has 0 spiro atoms. The number of carboxylic acid groups (broad SMARTS) is 1. The summed E-state index contributed by atoms with van der Waals surface area (Å²) < 4.78 is 0. The minimum atomic E-state index is -1.01. The summed E-state index contributed by atoms with van der Waals surface area (Å²) in [5.41, 5.74) is 7.72. The highest BCUT2D eigenvalue weighted by Gasteiger charge is 2.19. The van der Waals surface area contributed by atoms with Gasteiger partial charge in [-0.1, -0.05) is 29.5 Å². The van der Waals surface area contributed by atoms with E-state index in [9.17, 15) is 4.79 Å². The third-order valence-corrected chi connectivity index (χ3v) is 3.55. The molecule has 0 saturated heterocycles. The van der Waals surface area contributed by atoms with Crippen LogP contribution in [-0.4, -0.2) is 21.0 Å². The molecule has 0 aliphatic heterocycles. The number of aromatic nitrogens is 2. The van der Waals surface area contributed by atoms with Gasteiger partial charge in [-0.05, 0) is 6.07 Å². The molecule has 0 fully saturated rings. The van der Waals surface area contributed by atoms with Gasteiger partial charge in [-0.3, -0.25) is 0 Å². The van der Waals surface area contributed by atoms with Crippen LogP contribution in [0.2, 0.25) is 0 Å². The van der Waals surface area contributed by atoms with Crippen molar-refractivity contribution >= 4 is 33.3 Å². The number of nitrogen functional groups attached to an aromatic ring is 1. The molecule has 4 N–H and O–H groups in total. The minimum absolute atomic E-state index is 0.164. The lowest BCUT2D eigenvalue weighted by Crippen LogP contribution is -1.94. The first-order valence-electron chi connectivity index (χ1n) is 5.23. The van der Waals surface area contributed by atoms with Gasteiger partial charge >= 0.3 is 5.97 Å². The Hall–Kier alpha value is -2.34. The maximum atomic E-state index is 11.2. The standard InChI is InChI=1S/C12H9N3O2S/c13-12-15-9(10(18-12)11(16)17)7-5-14-8-4-2-1-3-6(7)8/h1-5,14H,(H2,13,15)(H,16,17). The number of carboxylic acids is 1. The van der Waals surface area contributed by atoms with Crippen molar-refractivity contribution < 1.29 is 9.90 Å². The topological polar surface area (TPSA) is 92.0 Å². The molecule has 0 bridgehead atoms. The molecule has 5 nitrogen and oxygen atoms in total. The first-order chi connectivity index (χ1) is 8.66. The van der Waals surface area contributed by atoms with Gasteiger partial charge in [-0.2, -0.15) is 0 Å². The molecule has 0 aliphatic rings. The van der Waals surface area contributed by atoms with Gasteiger partial charge in [0.1, 0.15) is 10.6 Å². The Morgan fingerprint density at radius 1 is 1.39 bits per heavy atom. The summed E-state index contributed by atoms with van der Waals surface area (Å²) in [6, 6.07) is 7.66. The lowest BCUT2D eigenvalue weighted by Gasteiger charge is -1.96. The van der Waals surface area contributed by atoms with Crippen LogP contribution in [0.1, 0.15) is 9.67 Å². The van der Waals surface area contributed by atoms with Crippen LogP contribution >= 0.6 is 11.3 Å². The average Bonchev–Trinajstić information content (AvgIpc) is 2.92. The summed E-state index contributed by atoms with van der Waals surface area (Å²) in [4.78, 5) is 18.5. The van der Waals surface area contributed by atoms with Gasteiger partial charge in [-0.15, -0.1) is 0 Å². The van der Waals surface area contributed by atoms with Crippen molar-refractivity contribution in [2.24, 2.45) is 0 Å². The molecule has 0 aliphatic carbocycles. The summed E-state index contributed by atoms with van der Waals surface area (Å²) in [6.07, 6.45) is 1.76. The SMILES string of the molecule is Nc1nc(-c2c[nH]c3ccccc23)c(C(=O)O)s1. The summed E-state index contributed by atoms with van der Waals surface area (Å²) in [6.45, 7) is 0. The molecule has 90 valence electrons. The molecule has 0 amide bonds. The van der Waals surface area contributed by atoms with E-state index in [0.717, 1.165) is 27.8 Å². The predicted octanol–water partition coefficient (Wildman–Crippen LogP) is 2.57. The third kappa shape index (κ3) is 1.54. The number of anilines is 1. The number of carbonyl (C=O) groups is 1. The number of hydrogen-bond donors (Lipinski definition) is 3. The normalized spacial score (nSPS) is 10.9. The molecular formula is C12H9N3O2S. The highest BCUT2D eigenvalue weighted by molar-refractivity contribution is 7.17. The zero-order valence-electron chi connectivity index (χ0n) is 9.18. The molecule has 1 aromatic carbocycles. The number of nitrogens with zero attached hydrogens (tertiary/aromatic N) is 1. The molecular weight excluding hydrogens is 250 g/mol. The number of aromatic amines is 1. The van der Waals surface area contributed by atoms with Crippen LogP contribution in [0, 0.1) is 0 Å². The zero-order chi connectivity index (χ0) is 12.7. The number of nitrogens with two attached hydrogens (primary N) is 1. The lowest BCUT2D eigenvalue weighted by molar-refractivity contribution is 0.0702. The molecule has 0 atom stereocenters. The Morgan fingerprint density at radius 3 is 2.94 bits per heavy atom. The van der Waals surface area contributed by atoms with Crippen molar-refractivity contribution in [2.45, 2.75) is 0 Å². The van der Waals surface area contributed by atoms with E-state index in [4.69, 9.17) is 10.8 Å². The number of aromatic carboxylic acids is 1. The smallest absolute Gasteiger partial charge is 0.348 e. The summed E-state index contributed by atoms with van der Waals surface area (Å²) >= 11 is 0.982. The van der Waals surface area contributed by atoms with Crippen LogP contribution in [0.4, 0.5) is 5.13 Å². The van der Waals surface area contributed by atoms with E-state index >= 15 is 0 Å². The molecule has 0 saturated carbocycles. The zero-order valence-corrected chi connectivity index (χ0v) is 9.99. The van der Waals surface area contributed by atoms with E-state index < -0.39 is 5.97 Å². The van der Waals surface area contributed by atoms with E-state index in [0.29, 0.717) is 5.69 Å². The second-order valence-electron chi connectivity index (χ2n) is 3.78. The number of nitrogens with one attached hydrogen (secondary N) is 1. The van der Waals surface area contributed by atoms with Crippen LogP contribution < -0.4 is 5.73 Å². The fraction of sp³-hybridized carbons (Fsp3) is 0. The largest absolute Gasteiger partial charge is 0.477 e. The molecule has 18 heavy (non-hydrogen) atoms. The number of benzene rings is 1. The number of fused-ring (bicyclic) bond motifs is 1. The summed E-state index contributed by atoms with van der Waals surface area (Å²) in [7, 11) is 0. The number of hydrogen-bond acceptors (Lipinski definition) is 4. The van der Waals surface area contributed by atoms with E-state index in [1.165, 1.54) is 0 Å². The number of thiazole rings is 1. The van der Waals surface area contributed by atoms with Gasteiger partial charge in [0.05, 0.1) is 0 Å². The maximum absolute atomic E-state index is 11.2. The second kappa shape index (κ2) is 3.85. The monoisotopic (exact) mass is 259 g/mol. The molecule has 0 radical (unpaired) electrons. The maximum Gasteiger partial charge on any atom is 0.348 e. The molecule has 2 heterocycles. The first kappa shape index (κ1) is 10.8. The van der Waals surface area contributed by atoms with Crippen LogP contribution in [-0.2, 0) is 0 Å². The molecule has 6 heteroatoms. The van der Waals surface area contributed by atoms with Crippen molar-refractivity contribution in [1.82, 2.24) is 9.97 Å². The van der Waals surface area contributed by atoms with Crippen LogP contribution in [0.25, 0.3) is 22.2 Å². The van der Waals surface area contributed by atoms with Crippen LogP contribution in [0.15, 0.2) is 30.5 Å². The van der Waals surface area contributed by atoms with Gasteiger partial charge in [0, 0.05) is 22.7 Å². The Labute approximate surface area is 106 Å². The molecule has 3 rings (SSSR count). The van der Waals surface area contributed by atoms with Crippen LogP contribution in [0.3, 0.4) is 0 Å². The molecule has 0 unspecified atom stereocenters. The quantitative estimate of drug-likeness (QED) is 0.659. The Kier molecular flexibility index (Phi) is 2.31. The number of rotatable bonds is 2. The predicted molar refractivity (Wildman–Crippen MR) is 70.8 cm³/mol. The van der Waals surface area contributed by atoms with Crippen molar-refractivity contribution in [3.8, 4) is 11.3 Å². The number of H-pyrrole nitrogens is 1. The fourth-order valence-electron chi connectivity index (χ4n) is 1.93. The van der Waals surface area contributed by atoms with E-state index in [2.05, 4.69) is 9.97 Å². The van der Waals surface area contributed by atoms with Crippen molar-refractivity contribution in [3.05, 3.63) is 35.3 Å². The molecule has 3 aromatic rings. The number of para-hydroxylation sites is 1. The van der Waals surface area contributed by atoms with Crippen molar-refractivity contribution in [1.29, 1.82) is 0 Å². The highest BCUT2D eigenvalue weighted by Crippen LogP contribution is 2.34. The average molecular weight is 259 g/mol. The fourth-order valence-corrected chi connectivity index (χ4v) is 2.62. The van der Waals surface area contributed by atoms with Gasteiger partial charge in [0.25, 0.3) is 0 Å². The lowest BCUT2D eigenvalue weighted by atomic mass is 10.1. The van der Waals surface area contributed by atoms with E-state index in [-0.39, 0.29) is 10.0 Å². The highest BCUT2D eigenvalue weighted by atomic mass is 32.1. The van der Waals surface area contributed by atoms with Gasteiger partial charge in [-0.25, -0.2) is 9.78 Å². The molecule has 2 aromatic heterocycles. The first-order valence-corrected chi connectivity index (χ1v) is 6.04. The summed E-state index contributed by atoms with van der Waals surface area (Å²) in [5, 5.41) is 10.3. The Balaban J connectivity index is 2.29. The van der Waals surface area contributed by atoms with Crippen LogP contribution in [0.5, 0.6) is 0 Å². The summed E-state index contributed by atoms with van der Waals surface area (Å²) in [5.74, 6) is -1.01. The Morgan fingerprint density at radius 2 is 2.17 bits per heavy atom. The van der Waals surface area contributed by atoms with Crippen molar-refractivity contribution in [3.63, 3.8) is 0 Å². The van der Waals surface area contributed by atoms with Gasteiger partial charge in [0.2, 0.25) is 0 Å². The Bertz CT molecular complexity index is 745. The van der Waals surface area contributed by atoms with E-state index in [1.807, 2.05) is 24.3 Å². The second-order valence-corrected chi connectivity index (χ2v) is 4.81.